The smallest absolute Gasteiger partial charge is 0.305 e. The van der Waals surface area contributed by atoms with E-state index in [1.54, 1.807) is 0 Å². The van der Waals surface area contributed by atoms with E-state index >= 15 is 0 Å². The third-order valence-corrected chi connectivity index (χ3v) is 6.00. The molecule has 2 aliphatic rings. The summed E-state index contributed by atoms with van der Waals surface area (Å²) in [5, 5.41) is 6.84. The molecule has 0 bridgehead atoms. The van der Waals surface area contributed by atoms with Crippen LogP contribution >= 0.6 is 24.0 Å². The van der Waals surface area contributed by atoms with Crippen LogP contribution in [-0.2, 0) is 14.3 Å². The van der Waals surface area contributed by atoms with Crippen LogP contribution in [0, 0.1) is 5.92 Å². The first-order chi connectivity index (χ1) is 14.6. The molecule has 1 amide bonds. The van der Waals surface area contributed by atoms with Gasteiger partial charge in [0.25, 0.3) is 0 Å². The lowest BCUT2D eigenvalue weighted by Crippen LogP contribution is -2.45. The van der Waals surface area contributed by atoms with Gasteiger partial charge in [0.05, 0.1) is 6.61 Å². The number of carbonyl (C=O) groups is 2. The number of hydrogen-bond acceptors (Lipinski definition) is 4. The number of ether oxygens (including phenoxy) is 1. The maximum absolute atomic E-state index is 12.8. The Hall–Kier alpha value is -1.06. The molecule has 1 heterocycles. The van der Waals surface area contributed by atoms with Gasteiger partial charge in [-0.2, -0.15) is 0 Å². The van der Waals surface area contributed by atoms with Gasteiger partial charge in [-0.3, -0.25) is 14.6 Å². The molecule has 8 heteroatoms. The van der Waals surface area contributed by atoms with Crippen LogP contribution in [0.4, 0.5) is 0 Å². The van der Waals surface area contributed by atoms with Gasteiger partial charge in [-0.15, -0.1) is 24.0 Å². The van der Waals surface area contributed by atoms with Gasteiger partial charge in [-0.05, 0) is 46.0 Å². The standard InChI is InChI=1S/C23H42N4O3.HI/c1-3-24-23(25-16-11-6-5-10-14-21(28)30-4-2)26-20-15-17-27(18-20)22(29)19-12-8-7-9-13-19;/h19-20H,3-18H2,1-2H3,(H2,24,25,26);1H. The van der Waals surface area contributed by atoms with Gasteiger partial charge >= 0.3 is 5.97 Å². The molecule has 2 N–H and O–H groups in total. The van der Waals surface area contributed by atoms with Gasteiger partial charge < -0.3 is 20.3 Å². The Kier molecular flexibility index (Phi) is 14.9. The summed E-state index contributed by atoms with van der Waals surface area (Å²) in [5.41, 5.74) is 0. The van der Waals surface area contributed by atoms with Crippen molar-refractivity contribution in [2.75, 3.05) is 32.8 Å². The number of likely N-dealkylation sites (tertiary alicyclic amines) is 1. The van der Waals surface area contributed by atoms with E-state index in [1.807, 2.05) is 6.92 Å². The van der Waals surface area contributed by atoms with Crippen molar-refractivity contribution in [3.8, 4) is 0 Å². The number of halogens is 1. The fourth-order valence-electron chi connectivity index (χ4n) is 4.36. The van der Waals surface area contributed by atoms with Crippen molar-refractivity contribution in [3.05, 3.63) is 0 Å². The van der Waals surface area contributed by atoms with E-state index in [9.17, 15) is 9.59 Å². The van der Waals surface area contributed by atoms with Gasteiger partial charge in [0, 0.05) is 44.6 Å². The molecule has 1 saturated heterocycles. The van der Waals surface area contributed by atoms with Crippen LogP contribution in [0.15, 0.2) is 4.99 Å². The molecule has 0 radical (unpaired) electrons. The molecule has 0 aromatic carbocycles. The average molecular weight is 551 g/mol. The third-order valence-electron chi connectivity index (χ3n) is 6.00. The lowest BCUT2D eigenvalue weighted by atomic mass is 9.88. The predicted octanol–water partition coefficient (Wildman–Crippen LogP) is 3.85. The molecule has 180 valence electrons. The zero-order valence-corrected chi connectivity index (χ0v) is 21.8. The van der Waals surface area contributed by atoms with E-state index in [4.69, 9.17) is 9.73 Å². The normalized spacial score (nSPS) is 19.6. The molecule has 0 aromatic heterocycles. The van der Waals surface area contributed by atoms with Crippen molar-refractivity contribution in [3.63, 3.8) is 0 Å². The van der Waals surface area contributed by atoms with E-state index in [0.717, 1.165) is 77.1 Å². The van der Waals surface area contributed by atoms with Crippen LogP contribution in [0.5, 0.6) is 0 Å². The minimum atomic E-state index is -0.0956. The summed E-state index contributed by atoms with van der Waals surface area (Å²) < 4.78 is 4.95. The Morgan fingerprint density at radius 2 is 1.77 bits per heavy atom. The Morgan fingerprint density at radius 1 is 1.03 bits per heavy atom. The fourth-order valence-corrected chi connectivity index (χ4v) is 4.36. The fraction of sp³-hybridized carbons (Fsp3) is 0.870. The van der Waals surface area contributed by atoms with Gasteiger partial charge in [0.15, 0.2) is 5.96 Å². The largest absolute Gasteiger partial charge is 0.466 e. The van der Waals surface area contributed by atoms with Gasteiger partial charge in [-0.1, -0.05) is 32.1 Å². The quantitative estimate of drug-likeness (QED) is 0.134. The van der Waals surface area contributed by atoms with Crippen molar-refractivity contribution in [1.29, 1.82) is 0 Å². The highest BCUT2D eigenvalue weighted by Crippen LogP contribution is 2.26. The maximum Gasteiger partial charge on any atom is 0.305 e. The van der Waals surface area contributed by atoms with Crippen LogP contribution in [0.1, 0.15) is 84.5 Å². The summed E-state index contributed by atoms with van der Waals surface area (Å²) in [7, 11) is 0. The zero-order chi connectivity index (χ0) is 21.6. The van der Waals surface area contributed by atoms with Crippen molar-refractivity contribution < 1.29 is 14.3 Å². The predicted molar refractivity (Wildman–Crippen MR) is 136 cm³/mol. The van der Waals surface area contributed by atoms with E-state index < -0.39 is 0 Å². The molecule has 1 saturated carbocycles. The number of aliphatic imine (C=N–C) groups is 1. The molecule has 1 aliphatic heterocycles. The number of nitrogens with zero attached hydrogens (tertiary/aromatic N) is 2. The maximum atomic E-state index is 12.8. The minimum absolute atomic E-state index is 0. The second kappa shape index (κ2) is 16.6. The van der Waals surface area contributed by atoms with Crippen LogP contribution in [0.25, 0.3) is 0 Å². The van der Waals surface area contributed by atoms with Gasteiger partial charge in [0.1, 0.15) is 0 Å². The SMILES string of the molecule is CCNC(=NCCCCCCC(=O)OCC)NC1CCN(C(=O)C2CCCCC2)C1.I. The highest BCUT2D eigenvalue weighted by atomic mass is 127. The first kappa shape index (κ1) is 28.0. The second-order valence-corrected chi connectivity index (χ2v) is 8.48. The number of unbranched alkanes of at least 4 members (excludes halogenated alkanes) is 3. The third kappa shape index (κ3) is 10.9. The van der Waals surface area contributed by atoms with E-state index in [-0.39, 0.29) is 41.9 Å². The van der Waals surface area contributed by atoms with Crippen LogP contribution in [0.3, 0.4) is 0 Å². The lowest BCUT2D eigenvalue weighted by Gasteiger charge is -2.26. The summed E-state index contributed by atoms with van der Waals surface area (Å²) in [6.07, 6.45) is 11.3. The van der Waals surface area contributed by atoms with E-state index in [2.05, 4.69) is 22.5 Å². The first-order valence-corrected chi connectivity index (χ1v) is 12.1. The summed E-state index contributed by atoms with van der Waals surface area (Å²) in [4.78, 5) is 30.8. The summed E-state index contributed by atoms with van der Waals surface area (Å²) in [5.74, 6) is 1.37. The average Bonchev–Trinajstić information content (AvgIpc) is 3.22. The Bertz CT molecular complexity index is 553. The second-order valence-electron chi connectivity index (χ2n) is 8.48. The molecular formula is C23H43IN4O3. The number of guanidine groups is 1. The summed E-state index contributed by atoms with van der Waals surface area (Å²) in [6, 6.07) is 0.278. The van der Waals surface area contributed by atoms with Gasteiger partial charge in [0.2, 0.25) is 5.91 Å². The van der Waals surface area contributed by atoms with E-state index in [1.165, 1.54) is 19.3 Å². The number of esters is 1. The number of nitrogens with one attached hydrogen (secondary N) is 2. The summed E-state index contributed by atoms with van der Waals surface area (Å²) >= 11 is 0. The van der Waals surface area contributed by atoms with Crippen molar-refractivity contribution in [2.24, 2.45) is 10.9 Å². The van der Waals surface area contributed by atoms with Crippen LogP contribution in [-0.4, -0.2) is 61.6 Å². The molecule has 2 fully saturated rings. The molecular weight excluding hydrogens is 507 g/mol. The van der Waals surface area contributed by atoms with Crippen molar-refractivity contribution in [2.45, 2.75) is 90.5 Å². The molecule has 31 heavy (non-hydrogen) atoms. The zero-order valence-electron chi connectivity index (χ0n) is 19.5. The van der Waals surface area contributed by atoms with E-state index in [0.29, 0.717) is 18.9 Å². The highest BCUT2D eigenvalue weighted by Gasteiger charge is 2.31. The number of hydrogen-bond donors (Lipinski definition) is 2. The number of amides is 1. The monoisotopic (exact) mass is 550 g/mol. The summed E-state index contributed by atoms with van der Waals surface area (Å²) in [6.45, 7) is 7.60. The number of carbonyl (C=O) groups excluding carboxylic acids is 2. The lowest BCUT2D eigenvalue weighted by molar-refractivity contribution is -0.143. The first-order valence-electron chi connectivity index (χ1n) is 12.1. The minimum Gasteiger partial charge on any atom is -0.466 e. The Morgan fingerprint density at radius 3 is 2.48 bits per heavy atom. The van der Waals surface area contributed by atoms with Crippen molar-refractivity contribution in [1.82, 2.24) is 15.5 Å². The molecule has 0 aromatic rings. The van der Waals surface area contributed by atoms with Crippen molar-refractivity contribution >= 4 is 41.8 Å². The molecule has 2 rings (SSSR count). The van der Waals surface area contributed by atoms with Gasteiger partial charge in [-0.25, -0.2) is 0 Å². The topological polar surface area (TPSA) is 83.0 Å². The molecule has 7 nitrogen and oxygen atoms in total. The molecule has 1 aliphatic carbocycles. The molecule has 1 unspecified atom stereocenters. The molecule has 1 atom stereocenters. The van der Waals surface area contributed by atoms with Crippen LogP contribution in [0.2, 0.25) is 0 Å². The Balaban J connectivity index is 0.00000480. The van der Waals surface area contributed by atoms with Crippen LogP contribution < -0.4 is 10.6 Å². The Labute approximate surface area is 205 Å². The molecule has 0 spiro atoms. The highest BCUT2D eigenvalue weighted by molar-refractivity contribution is 14.0. The number of rotatable bonds is 11.